The molecule has 168 valence electrons. The fourth-order valence-corrected chi connectivity index (χ4v) is 4.34. The SMILES string of the molecule is COCP(=O)(N[C@@H](C)C(=O)OC(C)C)Oc1ccc(/C=C/c2cc(O)cc(O)c2)cc1. The van der Waals surface area contributed by atoms with Gasteiger partial charge in [-0.25, -0.2) is 5.09 Å². The van der Waals surface area contributed by atoms with Crippen molar-refractivity contribution in [2.24, 2.45) is 0 Å². The zero-order chi connectivity index (χ0) is 23.0. The predicted octanol–water partition coefficient (Wildman–Crippen LogP) is 4.37. The maximum atomic E-state index is 13.1. The van der Waals surface area contributed by atoms with E-state index in [2.05, 4.69) is 5.09 Å². The maximum absolute atomic E-state index is 13.1. The van der Waals surface area contributed by atoms with Gasteiger partial charge in [-0.3, -0.25) is 9.36 Å². The average molecular weight is 449 g/mol. The molecule has 0 saturated heterocycles. The van der Waals surface area contributed by atoms with Crippen LogP contribution in [0.25, 0.3) is 12.2 Å². The fourth-order valence-electron chi connectivity index (χ4n) is 2.66. The third-order valence-electron chi connectivity index (χ3n) is 3.92. The molecule has 2 aromatic carbocycles. The molecule has 0 aliphatic rings. The number of methoxy groups -OCH3 is 1. The molecule has 2 aromatic rings. The lowest BCUT2D eigenvalue weighted by atomic mass is 10.1. The van der Waals surface area contributed by atoms with Crippen LogP contribution in [0.4, 0.5) is 0 Å². The topological polar surface area (TPSA) is 114 Å². The first-order chi connectivity index (χ1) is 14.6. The van der Waals surface area contributed by atoms with Gasteiger partial charge >= 0.3 is 13.5 Å². The minimum absolute atomic E-state index is 0.0312. The van der Waals surface area contributed by atoms with Crippen molar-refractivity contribution in [2.75, 3.05) is 13.5 Å². The minimum Gasteiger partial charge on any atom is -0.508 e. The largest absolute Gasteiger partial charge is 0.508 e. The summed E-state index contributed by atoms with van der Waals surface area (Å²) in [5.41, 5.74) is 1.45. The lowest BCUT2D eigenvalue weighted by Gasteiger charge is -2.23. The number of hydrogen-bond acceptors (Lipinski definition) is 7. The van der Waals surface area contributed by atoms with Gasteiger partial charge in [0.1, 0.15) is 29.6 Å². The van der Waals surface area contributed by atoms with Crippen molar-refractivity contribution in [3.8, 4) is 17.2 Å². The number of carbonyl (C=O) groups excluding carboxylic acids is 1. The molecule has 0 bridgehead atoms. The molecule has 3 N–H and O–H groups in total. The van der Waals surface area contributed by atoms with Gasteiger partial charge in [0.05, 0.1) is 6.10 Å². The second-order valence-electron chi connectivity index (χ2n) is 7.20. The van der Waals surface area contributed by atoms with Crippen LogP contribution in [-0.2, 0) is 18.8 Å². The Hall–Kier alpha value is -2.80. The number of ether oxygens (including phenoxy) is 2. The van der Waals surface area contributed by atoms with Crippen LogP contribution in [0.15, 0.2) is 42.5 Å². The summed E-state index contributed by atoms with van der Waals surface area (Å²) in [5, 5.41) is 21.8. The van der Waals surface area contributed by atoms with Crippen LogP contribution in [0.5, 0.6) is 17.2 Å². The van der Waals surface area contributed by atoms with Crippen LogP contribution >= 0.6 is 7.52 Å². The van der Waals surface area contributed by atoms with E-state index in [9.17, 15) is 19.6 Å². The molecule has 0 heterocycles. The molecule has 1 unspecified atom stereocenters. The number of esters is 1. The van der Waals surface area contributed by atoms with Gasteiger partial charge in [0.25, 0.3) is 0 Å². The quantitative estimate of drug-likeness (QED) is 0.278. The van der Waals surface area contributed by atoms with E-state index in [-0.39, 0.29) is 24.0 Å². The van der Waals surface area contributed by atoms with Crippen LogP contribution in [0, 0.1) is 0 Å². The van der Waals surface area contributed by atoms with Crippen LogP contribution in [-0.4, -0.2) is 41.8 Å². The van der Waals surface area contributed by atoms with Crippen molar-refractivity contribution in [2.45, 2.75) is 32.9 Å². The number of aromatic hydroxyl groups is 2. The van der Waals surface area contributed by atoms with E-state index in [0.29, 0.717) is 11.3 Å². The Kier molecular flexibility index (Phi) is 8.68. The first-order valence-corrected chi connectivity index (χ1v) is 11.5. The molecule has 0 spiro atoms. The Bertz CT molecular complexity index is 937. The van der Waals surface area contributed by atoms with Crippen LogP contribution in [0.3, 0.4) is 0 Å². The molecule has 0 fully saturated rings. The molecule has 0 radical (unpaired) electrons. The highest BCUT2D eigenvalue weighted by Gasteiger charge is 2.30. The van der Waals surface area contributed by atoms with E-state index >= 15 is 0 Å². The molecule has 0 aliphatic heterocycles. The highest BCUT2D eigenvalue weighted by Crippen LogP contribution is 2.43. The molecule has 8 nitrogen and oxygen atoms in total. The Morgan fingerprint density at radius 3 is 2.16 bits per heavy atom. The first-order valence-electron chi connectivity index (χ1n) is 9.67. The van der Waals surface area contributed by atoms with Gasteiger partial charge in [-0.2, -0.15) is 0 Å². The number of phenolic OH excluding ortho intramolecular Hbond substituents is 2. The molecular formula is C22H28NO7P. The second-order valence-corrected chi connectivity index (χ2v) is 9.25. The van der Waals surface area contributed by atoms with Crippen molar-refractivity contribution in [3.05, 3.63) is 53.6 Å². The summed E-state index contributed by atoms with van der Waals surface area (Å²) in [6, 6.07) is 10.2. The van der Waals surface area contributed by atoms with E-state index in [1.165, 1.54) is 25.3 Å². The lowest BCUT2D eigenvalue weighted by Crippen LogP contribution is -2.36. The number of phenols is 2. The van der Waals surface area contributed by atoms with Crippen LogP contribution in [0.2, 0.25) is 0 Å². The van der Waals surface area contributed by atoms with E-state index in [4.69, 9.17) is 14.0 Å². The van der Waals surface area contributed by atoms with Gasteiger partial charge in [-0.1, -0.05) is 24.3 Å². The van der Waals surface area contributed by atoms with Gasteiger partial charge in [-0.05, 0) is 56.2 Å². The summed E-state index contributed by atoms with van der Waals surface area (Å²) in [6.45, 7) is 5.01. The molecule has 31 heavy (non-hydrogen) atoms. The summed E-state index contributed by atoms with van der Waals surface area (Å²) in [6.07, 6.45) is 3.00. The monoisotopic (exact) mass is 449 g/mol. The molecule has 0 saturated carbocycles. The first kappa shape index (κ1) is 24.5. The molecule has 0 amide bonds. The molecule has 9 heteroatoms. The predicted molar refractivity (Wildman–Crippen MR) is 119 cm³/mol. The zero-order valence-corrected chi connectivity index (χ0v) is 18.8. The van der Waals surface area contributed by atoms with Crippen molar-refractivity contribution in [1.82, 2.24) is 5.09 Å². The van der Waals surface area contributed by atoms with Gasteiger partial charge in [0.15, 0.2) is 0 Å². The molecule has 0 aromatic heterocycles. The normalized spacial score (nSPS) is 14.4. The molecule has 0 aliphatic carbocycles. The fraction of sp³-hybridized carbons (Fsp3) is 0.318. The van der Waals surface area contributed by atoms with E-state index in [1.807, 2.05) is 0 Å². The minimum atomic E-state index is -3.53. The maximum Gasteiger partial charge on any atom is 0.342 e. The summed E-state index contributed by atoms with van der Waals surface area (Å²) >= 11 is 0. The van der Waals surface area contributed by atoms with E-state index < -0.39 is 19.5 Å². The Morgan fingerprint density at radius 1 is 1.03 bits per heavy atom. The van der Waals surface area contributed by atoms with Gasteiger partial charge in [-0.15, -0.1) is 0 Å². The number of benzene rings is 2. The summed E-state index contributed by atoms with van der Waals surface area (Å²) in [4.78, 5) is 12.0. The standard InChI is InChI=1S/C22H28NO7P/c1-15(2)29-22(26)16(3)23-31(27,14-28-4)30-21-9-7-17(8-10-21)5-6-18-11-19(24)13-20(25)12-18/h5-13,15-16,24-25H,14H2,1-4H3,(H,23,27)/b6-5+/t16-,31?/m0/s1. The smallest absolute Gasteiger partial charge is 0.342 e. The molecule has 2 rings (SSSR count). The lowest BCUT2D eigenvalue weighted by molar-refractivity contribution is -0.149. The number of nitrogens with one attached hydrogen (secondary N) is 1. The molecule has 2 atom stereocenters. The summed E-state index contributed by atoms with van der Waals surface area (Å²) in [5.74, 6) is -0.259. The summed E-state index contributed by atoms with van der Waals surface area (Å²) in [7, 11) is -2.14. The van der Waals surface area contributed by atoms with Gasteiger partial charge in [0, 0.05) is 13.2 Å². The third-order valence-corrected chi connectivity index (χ3v) is 5.81. The highest BCUT2D eigenvalue weighted by molar-refractivity contribution is 7.57. The Morgan fingerprint density at radius 2 is 1.61 bits per heavy atom. The van der Waals surface area contributed by atoms with Crippen molar-refractivity contribution < 1.29 is 33.6 Å². The van der Waals surface area contributed by atoms with E-state index in [1.54, 1.807) is 57.2 Å². The van der Waals surface area contributed by atoms with Crippen molar-refractivity contribution in [3.63, 3.8) is 0 Å². The summed E-state index contributed by atoms with van der Waals surface area (Å²) < 4.78 is 28.9. The van der Waals surface area contributed by atoms with Gasteiger partial charge in [0.2, 0.25) is 0 Å². The number of carbonyl (C=O) groups is 1. The average Bonchev–Trinajstić information content (AvgIpc) is 2.66. The van der Waals surface area contributed by atoms with Crippen LogP contribution < -0.4 is 9.61 Å². The van der Waals surface area contributed by atoms with Crippen molar-refractivity contribution in [1.29, 1.82) is 0 Å². The number of rotatable bonds is 10. The third kappa shape index (κ3) is 8.09. The Balaban J connectivity index is 2.08. The van der Waals surface area contributed by atoms with E-state index in [0.717, 1.165) is 5.56 Å². The molecular weight excluding hydrogens is 421 g/mol. The van der Waals surface area contributed by atoms with Crippen LogP contribution in [0.1, 0.15) is 31.9 Å². The Labute approximate surface area is 182 Å². The highest BCUT2D eigenvalue weighted by atomic mass is 31.2. The number of hydrogen-bond donors (Lipinski definition) is 3. The van der Waals surface area contributed by atoms with Gasteiger partial charge < -0.3 is 24.2 Å². The van der Waals surface area contributed by atoms with Crippen molar-refractivity contribution >= 4 is 25.6 Å². The second kappa shape index (κ2) is 11.0. The zero-order valence-electron chi connectivity index (χ0n) is 17.9.